The Hall–Kier alpha value is -1.99. The van der Waals surface area contributed by atoms with Crippen LogP contribution >= 0.6 is 24.8 Å². The number of hydrogen-bond acceptors (Lipinski definition) is 6. The summed E-state index contributed by atoms with van der Waals surface area (Å²) in [5.74, 6) is 1.16. The molecule has 140 valence electrons. The van der Waals surface area contributed by atoms with E-state index in [4.69, 9.17) is 10.3 Å². The van der Waals surface area contributed by atoms with Gasteiger partial charge in [0, 0.05) is 24.5 Å². The third-order valence-corrected chi connectivity index (χ3v) is 3.67. The van der Waals surface area contributed by atoms with Crippen LogP contribution in [0.1, 0.15) is 17.0 Å². The lowest BCUT2D eigenvalue weighted by atomic mass is 10.1. The van der Waals surface area contributed by atoms with E-state index in [0.29, 0.717) is 24.8 Å². The predicted octanol–water partition coefficient (Wildman–Crippen LogP) is 3.11. The lowest BCUT2D eigenvalue weighted by molar-refractivity contribution is 0.261. The first kappa shape index (κ1) is 22.1. The number of aromatic nitrogens is 3. The van der Waals surface area contributed by atoms with Crippen molar-refractivity contribution in [2.24, 2.45) is 5.73 Å². The SMILES string of the molecule is CN(Cc1cccc(CCN)c1)Cc1nc(-c2cccnc2)no1.Cl.Cl. The molecule has 3 rings (SSSR count). The van der Waals surface area contributed by atoms with Gasteiger partial charge in [0.05, 0.1) is 6.54 Å². The Morgan fingerprint density at radius 2 is 1.88 bits per heavy atom. The monoisotopic (exact) mass is 395 g/mol. The molecular weight excluding hydrogens is 373 g/mol. The van der Waals surface area contributed by atoms with Crippen LogP contribution in [-0.2, 0) is 19.5 Å². The summed E-state index contributed by atoms with van der Waals surface area (Å²) >= 11 is 0. The van der Waals surface area contributed by atoms with Crippen LogP contribution in [0.15, 0.2) is 53.3 Å². The van der Waals surface area contributed by atoms with Crippen LogP contribution in [0.25, 0.3) is 11.4 Å². The highest BCUT2D eigenvalue weighted by Crippen LogP contribution is 2.15. The quantitative estimate of drug-likeness (QED) is 0.661. The summed E-state index contributed by atoms with van der Waals surface area (Å²) in [6.45, 7) is 2.07. The highest BCUT2D eigenvalue weighted by Gasteiger charge is 2.11. The Morgan fingerprint density at radius 3 is 2.62 bits per heavy atom. The summed E-state index contributed by atoms with van der Waals surface area (Å²) in [5, 5.41) is 4.02. The molecule has 0 fully saturated rings. The van der Waals surface area contributed by atoms with Gasteiger partial charge in [0.2, 0.25) is 11.7 Å². The summed E-state index contributed by atoms with van der Waals surface area (Å²) in [5.41, 5.74) is 8.98. The fraction of sp³-hybridized carbons (Fsp3) is 0.278. The summed E-state index contributed by atoms with van der Waals surface area (Å²) in [6, 6.07) is 12.2. The molecule has 6 nitrogen and oxygen atoms in total. The molecule has 0 aliphatic rings. The van der Waals surface area contributed by atoms with E-state index in [1.54, 1.807) is 12.4 Å². The van der Waals surface area contributed by atoms with Crippen LogP contribution in [0.3, 0.4) is 0 Å². The van der Waals surface area contributed by atoms with Gasteiger partial charge in [0.25, 0.3) is 0 Å². The first-order valence-electron chi connectivity index (χ1n) is 7.94. The van der Waals surface area contributed by atoms with Crippen molar-refractivity contribution in [1.82, 2.24) is 20.0 Å². The number of pyridine rings is 1. The third kappa shape index (κ3) is 6.07. The maximum Gasteiger partial charge on any atom is 0.241 e. The molecule has 2 N–H and O–H groups in total. The third-order valence-electron chi connectivity index (χ3n) is 3.67. The van der Waals surface area contributed by atoms with Gasteiger partial charge in [-0.3, -0.25) is 9.88 Å². The minimum atomic E-state index is 0. The Bertz CT molecular complexity index is 782. The van der Waals surface area contributed by atoms with Crippen LogP contribution in [0.2, 0.25) is 0 Å². The van der Waals surface area contributed by atoms with Crippen LogP contribution in [0.5, 0.6) is 0 Å². The number of nitrogens with two attached hydrogens (primary N) is 1. The van der Waals surface area contributed by atoms with Gasteiger partial charge in [-0.1, -0.05) is 29.4 Å². The molecule has 1 aromatic carbocycles. The van der Waals surface area contributed by atoms with Crippen LogP contribution in [-0.4, -0.2) is 33.6 Å². The zero-order chi connectivity index (χ0) is 16.8. The highest BCUT2D eigenvalue weighted by molar-refractivity contribution is 5.85. The van der Waals surface area contributed by atoms with Crippen LogP contribution < -0.4 is 5.73 Å². The van der Waals surface area contributed by atoms with Gasteiger partial charge < -0.3 is 10.3 Å². The highest BCUT2D eigenvalue weighted by atomic mass is 35.5. The fourth-order valence-electron chi connectivity index (χ4n) is 2.58. The molecule has 0 saturated carbocycles. The van der Waals surface area contributed by atoms with E-state index in [1.807, 2.05) is 19.2 Å². The lowest BCUT2D eigenvalue weighted by Gasteiger charge is -2.14. The molecule has 8 heteroatoms. The minimum absolute atomic E-state index is 0. The maximum absolute atomic E-state index is 5.62. The Balaban J connectivity index is 0.00000169. The summed E-state index contributed by atoms with van der Waals surface area (Å²) in [4.78, 5) is 10.6. The molecule has 0 radical (unpaired) electrons. The average Bonchev–Trinajstić information content (AvgIpc) is 3.04. The molecule has 0 atom stereocenters. The molecule has 0 saturated heterocycles. The molecule has 2 heterocycles. The second kappa shape index (κ2) is 10.9. The van der Waals surface area contributed by atoms with E-state index in [-0.39, 0.29) is 24.8 Å². The van der Waals surface area contributed by atoms with Gasteiger partial charge in [-0.15, -0.1) is 24.8 Å². The molecule has 0 aliphatic carbocycles. The zero-order valence-electron chi connectivity index (χ0n) is 14.5. The smallest absolute Gasteiger partial charge is 0.241 e. The fourth-order valence-corrected chi connectivity index (χ4v) is 2.58. The average molecular weight is 396 g/mol. The Morgan fingerprint density at radius 1 is 1.08 bits per heavy atom. The van der Waals surface area contributed by atoms with E-state index < -0.39 is 0 Å². The molecule has 0 unspecified atom stereocenters. The van der Waals surface area contributed by atoms with Crippen molar-refractivity contribution in [3.05, 3.63) is 65.8 Å². The predicted molar refractivity (Wildman–Crippen MR) is 106 cm³/mol. The molecule has 0 bridgehead atoms. The van der Waals surface area contributed by atoms with Crippen LogP contribution in [0.4, 0.5) is 0 Å². The van der Waals surface area contributed by atoms with E-state index in [9.17, 15) is 0 Å². The van der Waals surface area contributed by atoms with Crippen molar-refractivity contribution in [1.29, 1.82) is 0 Å². The molecule has 0 amide bonds. The second-order valence-electron chi connectivity index (χ2n) is 5.78. The molecule has 0 spiro atoms. The van der Waals surface area contributed by atoms with Gasteiger partial charge >= 0.3 is 0 Å². The first-order valence-corrected chi connectivity index (χ1v) is 7.94. The Labute approximate surface area is 165 Å². The van der Waals surface area contributed by atoms with Crippen LogP contribution in [0, 0.1) is 0 Å². The van der Waals surface area contributed by atoms with Crippen molar-refractivity contribution in [3.63, 3.8) is 0 Å². The van der Waals surface area contributed by atoms with E-state index in [0.717, 1.165) is 18.5 Å². The van der Waals surface area contributed by atoms with Crippen molar-refractivity contribution < 1.29 is 4.52 Å². The van der Waals surface area contributed by atoms with Crippen molar-refractivity contribution in [2.45, 2.75) is 19.5 Å². The summed E-state index contributed by atoms with van der Waals surface area (Å²) in [6.07, 6.45) is 4.34. The minimum Gasteiger partial charge on any atom is -0.338 e. The van der Waals surface area contributed by atoms with E-state index in [1.165, 1.54) is 11.1 Å². The Kier molecular flexibility index (Phi) is 9.23. The number of nitrogens with zero attached hydrogens (tertiary/aromatic N) is 4. The van der Waals surface area contributed by atoms with E-state index >= 15 is 0 Å². The summed E-state index contributed by atoms with van der Waals surface area (Å²) < 4.78 is 5.34. The largest absolute Gasteiger partial charge is 0.338 e. The number of halogens is 2. The van der Waals surface area contributed by atoms with Gasteiger partial charge in [0.1, 0.15) is 0 Å². The van der Waals surface area contributed by atoms with Crippen molar-refractivity contribution in [2.75, 3.05) is 13.6 Å². The van der Waals surface area contributed by atoms with Gasteiger partial charge in [-0.25, -0.2) is 0 Å². The van der Waals surface area contributed by atoms with E-state index in [2.05, 4.69) is 44.3 Å². The molecule has 2 aromatic heterocycles. The molecule has 0 aliphatic heterocycles. The van der Waals surface area contributed by atoms with Gasteiger partial charge in [0.15, 0.2) is 0 Å². The van der Waals surface area contributed by atoms with Crippen molar-refractivity contribution in [3.8, 4) is 11.4 Å². The number of hydrogen-bond donors (Lipinski definition) is 1. The summed E-state index contributed by atoms with van der Waals surface area (Å²) in [7, 11) is 2.03. The molecular formula is C18H23Cl2N5O. The first-order chi connectivity index (χ1) is 11.7. The maximum atomic E-state index is 5.62. The molecule has 3 aromatic rings. The standard InChI is InChI=1S/C18H21N5O.2ClH/c1-23(12-15-5-2-4-14(10-15)7-8-19)13-17-21-18(22-24-17)16-6-3-9-20-11-16;;/h2-6,9-11H,7-8,12-13,19H2,1H3;2*1H. The zero-order valence-corrected chi connectivity index (χ0v) is 16.2. The lowest BCUT2D eigenvalue weighted by Crippen LogP contribution is -2.17. The van der Waals surface area contributed by atoms with Gasteiger partial charge in [-0.05, 0) is 43.3 Å². The topological polar surface area (TPSA) is 81.1 Å². The number of rotatable bonds is 7. The van der Waals surface area contributed by atoms with Crippen molar-refractivity contribution >= 4 is 24.8 Å². The number of benzene rings is 1. The molecule has 26 heavy (non-hydrogen) atoms. The normalized spacial score (nSPS) is 10.3. The van der Waals surface area contributed by atoms with Gasteiger partial charge in [-0.2, -0.15) is 4.98 Å². The second-order valence-corrected chi connectivity index (χ2v) is 5.78.